The maximum absolute atomic E-state index is 13.4. The quantitative estimate of drug-likeness (QED) is 0.718. The Labute approximate surface area is 185 Å². The third-order valence-electron chi connectivity index (χ3n) is 4.76. The maximum Gasteiger partial charge on any atom is 0.408 e. The van der Waals surface area contributed by atoms with Gasteiger partial charge in [-0.1, -0.05) is 23.8 Å². The highest BCUT2D eigenvalue weighted by Gasteiger charge is 2.42. The first kappa shape index (κ1) is 24.7. The summed E-state index contributed by atoms with van der Waals surface area (Å²) in [6.45, 7) is 14.7. The standard InChI is InChI=1S/C24H37N3O4/c1-15-9-12-18(16(2)13-15)20(21(29)26-23(3,4)5)27(17-10-11-17)19(28)14-25-22(30)31-24(6,7)8/h9,12-13,17,20H,10-11,14H2,1-8H3,(H,25,30)(H,26,29). The lowest BCUT2D eigenvalue weighted by Crippen LogP contribution is -2.52. The van der Waals surface area contributed by atoms with Crippen molar-refractivity contribution in [1.82, 2.24) is 15.5 Å². The Morgan fingerprint density at radius 3 is 2.19 bits per heavy atom. The van der Waals surface area contributed by atoms with Crippen LogP contribution in [0.25, 0.3) is 0 Å². The second kappa shape index (κ2) is 9.28. The number of alkyl carbamates (subject to hydrolysis) is 1. The molecule has 2 rings (SSSR count). The second-order valence-electron chi connectivity index (χ2n) is 10.4. The van der Waals surface area contributed by atoms with Gasteiger partial charge in [0.15, 0.2) is 0 Å². The number of nitrogens with one attached hydrogen (secondary N) is 2. The van der Waals surface area contributed by atoms with Crippen molar-refractivity contribution >= 4 is 17.9 Å². The van der Waals surface area contributed by atoms with E-state index in [1.807, 2.05) is 52.8 Å². The lowest BCUT2D eigenvalue weighted by Gasteiger charge is -2.34. The number of nitrogens with zero attached hydrogens (tertiary/aromatic N) is 1. The van der Waals surface area contributed by atoms with Gasteiger partial charge in [-0.25, -0.2) is 4.79 Å². The molecular weight excluding hydrogens is 394 g/mol. The van der Waals surface area contributed by atoms with E-state index in [4.69, 9.17) is 4.74 Å². The van der Waals surface area contributed by atoms with E-state index in [9.17, 15) is 14.4 Å². The molecule has 1 aromatic rings. The monoisotopic (exact) mass is 431 g/mol. The molecule has 1 atom stereocenters. The van der Waals surface area contributed by atoms with Crippen LogP contribution in [0.5, 0.6) is 0 Å². The fraction of sp³-hybridized carbons (Fsp3) is 0.625. The molecule has 1 fully saturated rings. The van der Waals surface area contributed by atoms with Crippen LogP contribution in [0.3, 0.4) is 0 Å². The highest BCUT2D eigenvalue weighted by atomic mass is 16.6. The molecule has 0 aliphatic heterocycles. The number of benzene rings is 1. The zero-order valence-electron chi connectivity index (χ0n) is 20.1. The molecule has 172 valence electrons. The Bertz CT molecular complexity index is 832. The van der Waals surface area contributed by atoms with Crippen LogP contribution in [0.15, 0.2) is 18.2 Å². The Hall–Kier alpha value is -2.57. The van der Waals surface area contributed by atoms with Gasteiger partial charge in [0.2, 0.25) is 11.8 Å². The van der Waals surface area contributed by atoms with Crippen LogP contribution in [0.1, 0.15) is 77.1 Å². The summed E-state index contributed by atoms with van der Waals surface area (Å²) in [6, 6.07) is 5.10. The number of hydrogen-bond donors (Lipinski definition) is 2. The van der Waals surface area contributed by atoms with Crippen molar-refractivity contribution in [3.05, 3.63) is 34.9 Å². The first-order valence-corrected chi connectivity index (χ1v) is 10.8. The van der Waals surface area contributed by atoms with Crippen LogP contribution in [0, 0.1) is 13.8 Å². The number of hydrogen-bond acceptors (Lipinski definition) is 4. The fourth-order valence-electron chi connectivity index (χ4n) is 3.45. The lowest BCUT2D eigenvalue weighted by molar-refractivity contribution is -0.141. The summed E-state index contributed by atoms with van der Waals surface area (Å²) < 4.78 is 5.23. The normalized spacial score (nSPS) is 15.1. The lowest BCUT2D eigenvalue weighted by atomic mass is 9.96. The fourth-order valence-corrected chi connectivity index (χ4v) is 3.45. The van der Waals surface area contributed by atoms with Crippen molar-refractivity contribution in [3.8, 4) is 0 Å². The topological polar surface area (TPSA) is 87.7 Å². The van der Waals surface area contributed by atoms with Gasteiger partial charge in [0.25, 0.3) is 0 Å². The predicted octanol–water partition coefficient (Wildman–Crippen LogP) is 3.77. The minimum absolute atomic E-state index is 0.0237. The van der Waals surface area contributed by atoms with Crippen molar-refractivity contribution in [3.63, 3.8) is 0 Å². The van der Waals surface area contributed by atoms with E-state index >= 15 is 0 Å². The van der Waals surface area contributed by atoms with Crippen molar-refractivity contribution in [1.29, 1.82) is 0 Å². The summed E-state index contributed by atoms with van der Waals surface area (Å²) in [5.74, 6) is -0.528. The van der Waals surface area contributed by atoms with E-state index in [1.165, 1.54) is 0 Å². The predicted molar refractivity (Wildman–Crippen MR) is 121 cm³/mol. The van der Waals surface area contributed by atoms with Crippen molar-refractivity contribution in [2.75, 3.05) is 6.54 Å². The minimum Gasteiger partial charge on any atom is -0.444 e. The molecule has 1 saturated carbocycles. The number of carbonyl (C=O) groups is 3. The van der Waals surface area contributed by atoms with E-state index in [1.54, 1.807) is 25.7 Å². The number of amides is 3. The summed E-state index contributed by atoms with van der Waals surface area (Å²) in [5, 5.41) is 5.56. The molecule has 0 radical (unpaired) electrons. The Morgan fingerprint density at radius 1 is 1.10 bits per heavy atom. The summed E-state index contributed by atoms with van der Waals surface area (Å²) in [6.07, 6.45) is 1.02. The number of aryl methyl sites for hydroxylation is 2. The highest BCUT2D eigenvalue weighted by Crippen LogP contribution is 2.36. The molecule has 0 saturated heterocycles. The molecule has 0 spiro atoms. The maximum atomic E-state index is 13.4. The number of ether oxygens (including phenoxy) is 1. The summed E-state index contributed by atoms with van der Waals surface area (Å²) >= 11 is 0. The van der Waals surface area contributed by atoms with Gasteiger partial charge >= 0.3 is 6.09 Å². The third kappa shape index (κ3) is 7.56. The Balaban J connectivity index is 2.32. The van der Waals surface area contributed by atoms with Crippen molar-refractivity contribution < 1.29 is 19.1 Å². The Kier molecular flexibility index (Phi) is 7.40. The SMILES string of the molecule is Cc1ccc(C(C(=O)NC(C)(C)C)N(C(=O)CNC(=O)OC(C)(C)C)C2CC2)c(C)c1. The van der Waals surface area contributed by atoms with Gasteiger partial charge in [0, 0.05) is 11.6 Å². The molecule has 7 nitrogen and oxygen atoms in total. The molecule has 2 N–H and O–H groups in total. The van der Waals surface area contributed by atoms with E-state index in [-0.39, 0.29) is 24.4 Å². The largest absolute Gasteiger partial charge is 0.444 e. The van der Waals surface area contributed by atoms with E-state index in [0.717, 1.165) is 29.5 Å². The number of carbonyl (C=O) groups excluding carboxylic acids is 3. The number of rotatable bonds is 6. The average Bonchev–Trinajstić information content (AvgIpc) is 3.40. The van der Waals surface area contributed by atoms with Gasteiger partial charge < -0.3 is 20.3 Å². The van der Waals surface area contributed by atoms with Gasteiger partial charge in [0.05, 0.1) is 0 Å². The van der Waals surface area contributed by atoms with Crippen molar-refractivity contribution in [2.45, 2.75) is 91.5 Å². The molecule has 0 aromatic heterocycles. The molecule has 0 bridgehead atoms. The molecule has 31 heavy (non-hydrogen) atoms. The first-order valence-electron chi connectivity index (χ1n) is 10.8. The molecule has 3 amide bonds. The van der Waals surface area contributed by atoms with Crippen molar-refractivity contribution in [2.24, 2.45) is 0 Å². The zero-order chi connectivity index (χ0) is 23.6. The molecule has 1 aliphatic rings. The molecule has 1 aromatic carbocycles. The van der Waals surface area contributed by atoms with E-state index < -0.39 is 23.3 Å². The first-order chi connectivity index (χ1) is 14.2. The van der Waals surface area contributed by atoms with Gasteiger partial charge in [-0.3, -0.25) is 9.59 Å². The van der Waals surface area contributed by atoms with E-state index in [2.05, 4.69) is 10.6 Å². The van der Waals surface area contributed by atoms with Gasteiger partial charge in [-0.05, 0) is 79.4 Å². The van der Waals surface area contributed by atoms with Crippen LogP contribution >= 0.6 is 0 Å². The smallest absolute Gasteiger partial charge is 0.408 e. The third-order valence-corrected chi connectivity index (χ3v) is 4.76. The molecular formula is C24H37N3O4. The van der Waals surface area contributed by atoms with Crippen LogP contribution in [-0.4, -0.2) is 46.5 Å². The highest BCUT2D eigenvalue weighted by molar-refractivity contribution is 5.91. The van der Waals surface area contributed by atoms with Gasteiger partial charge in [0.1, 0.15) is 18.2 Å². The average molecular weight is 432 g/mol. The van der Waals surface area contributed by atoms with Crippen LogP contribution in [0.2, 0.25) is 0 Å². The van der Waals surface area contributed by atoms with E-state index in [0.29, 0.717) is 0 Å². The van der Waals surface area contributed by atoms with Crippen LogP contribution in [-0.2, 0) is 14.3 Å². The zero-order valence-corrected chi connectivity index (χ0v) is 20.1. The molecule has 1 unspecified atom stereocenters. The van der Waals surface area contributed by atoms with Crippen LogP contribution < -0.4 is 10.6 Å². The van der Waals surface area contributed by atoms with Crippen LogP contribution in [0.4, 0.5) is 4.79 Å². The Morgan fingerprint density at radius 2 is 1.71 bits per heavy atom. The molecule has 7 heteroatoms. The van der Waals surface area contributed by atoms with Gasteiger partial charge in [-0.2, -0.15) is 0 Å². The molecule has 1 aliphatic carbocycles. The summed E-state index contributed by atoms with van der Waals surface area (Å²) in [5.41, 5.74) is 1.74. The second-order valence-corrected chi connectivity index (χ2v) is 10.4. The molecule has 0 heterocycles. The minimum atomic E-state index is -0.764. The summed E-state index contributed by atoms with van der Waals surface area (Å²) in [4.78, 5) is 40.3. The summed E-state index contributed by atoms with van der Waals surface area (Å²) in [7, 11) is 0. The van der Waals surface area contributed by atoms with Gasteiger partial charge in [-0.15, -0.1) is 0 Å².